The second-order valence-electron chi connectivity index (χ2n) is 9.49. The number of hydrogen-bond donors (Lipinski definition) is 0. The zero-order chi connectivity index (χ0) is 23.4. The van der Waals surface area contributed by atoms with E-state index in [0.717, 1.165) is 32.5 Å². The summed E-state index contributed by atoms with van der Waals surface area (Å²) in [5, 5.41) is 5.45. The lowest BCUT2D eigenvalue weighted by atomic mass is 9.85. The summed E-state index contributed by atoms with van der Waals surface area (Å²) in [6.45, 7) is 2.84. The molecule has 0 unspecified atom stereocenters. The van der Waals surface area contributed by atoms with Gasteiger partial charge in [0, 0.05) is 0 Å². The van der Waals surface area contributed by atoms with Crippen molar-refractivity contribution in [3.63, 3.8) is 0 Å². The number of rotatable bonds is 7. The average Bonchev–Trinajstić information content (AvgIpc) is 3.43. The number of amides is 2. The average molecular weight is 568 g/mol. The fraction of sp³-hybridized carbons (Fsp3) is 0.370. The van der Waals surface area contributed by atoms with E-state index in [1.54, 1.807) is 6.21 Å². The fourth-order valence-electron chi connectivity index (χ4n) is 6.10. The number of halogens is 1. The number of carbonyl (C=O) groups is 2. The first-order valence-corrected chi connectivity index (χ1v) is 12.8. The van der Waals surface area contributed by atoms with Crippen LogP contribution in [0.25, 0.3) is 0 Å². The number of hydrogen-bond acceptors (Lipinski definition) is 5. The summed E-state index contributed by atoms with van der Waals surface area (Å²) in [5.41, 5.74) is 2.01. The first-order chi connectivity index (χ1) is 16.5. The molecular weight excluding hydrogens is 543 g/mol. The van der Waals surface area contributed by atoms with Crippen LogP contribution in [0.15, 0.2) is 59.7 Å². The maximum absolute atomic E-state index is 13.1. The molecule has 2 aromatic carbocycles. The lowest BCUT2D eigenvalue weighted by Gasteiger charge is -2.18. The number of fused-ring (bicyclic) bond motifs is 3. The summed E-state index contributed by atoms with van der Waals surface area (Å²) >= 11 is 2.21. The van der Waals surface area contributed by atoms with Gasteiger partial charge >= 0.3 is 0 Å². The van der Waals surface area contributed by atoms with Gasteiger partial charge in [0.25, 0.3) is 11.8 Å². The molecule has 3 fully saturated rings. The number of allylic oxidation sites excluding steroid dienone is 2. The van der Waals surface area contributed by atoms with Crippen LogP contribution in [-0.2, 0) is 16.2 Å². The van der Waals surface area contributed by atoms with Gasteiger partial charge in [0.15, 0.2) is 11.5 Å². The number of hydrazone groups is 1. The Labute approximate surface area is 212 Å². The molecule has 2 amide bonds. The molecule has 1 spiro atoms. The minimum absolute atomic E-state index is 0.156. The second-order valence-corrected chi connectivity index (χ2v) is 10.7. The topological polar surface area (TPSA) is 68.2 Å². The third-order valence-corrected chi connectivity index (χ3v) is 8.51. The maximum atomic E-state index is 13.1. The van der Waals surface area contributed by atoms with Crippen molar-refractivity contribution in [1.29, 1.82) is 0 Å². The predicted octanol–water partition coefficient (Wildman–Crippen LogP) is 4.80. The number of benzene rings is 2. The Hall–Kier alpha value is -2.68. The van der Waals surface area contributed by atoms with Gasteiger partial charge in [0.1, 0.15) is 6.61 Å². The van der Waals surface area contributed by atoms with Gasteiger partial charge < -0.3 is 9.47 Å². The monoisotopic (exact) mass is 568 g/mol. The lowest BCUT2D eigenvalue weighted by molar-refractivity contribution is -0.141. The molecule has 0 aromatic heterocycles. The summed E-state index contributed by atoms with van der Waals surface area (Å²) in [6, 6.07) is 13.7. The van der Waals surface area contributed by atoms with Gasteiger partial charge in [-0.15, -0.1) is 0 Å². The highest BCUT2D eigenvalue weighted by Gasteiger charge is 2.73. The van der Waals surface area contributed by atoms with E-state index in [2.05, 4.69) is 39.8 Å². The number of carbonyl (C=O) groups excluding carboxylic acids is 2. The van der Waals surface area contributed by atoms with Crippen LogP contribution >= 0.6 is 22.6 Å². The molecule has 34 heavy (non-hydrogen) atoms. The Bertz CT molecular complexity index is 1190. The van der Waals surface area contributed by atoms with E-state index < -0.39 is 0 Å². The molecule has 2 bridgehead atoms. The molecule has 6 nitrogen and oxygen atoms in total. The van der Waals surface area contributed by atoms with Gasteiger partial charge in [-0.25, -0.2) is 0 Å². The second kappa shape index (κ2) is 8.22. The zero-order valence-electron chi connectivity index (χ0n) is 18.8. The third kappa shape index (κ3) is 3.31. The Morgan fingerprint density at radius 2 is 1.74 bits per heavy atom. The van der Waals surface area contributed by atoms with Crippen LogP contribution in [0.1, 0.15) is 30.9 Å². The molecule has 7 heteroatoms. The van der Waals surface area contributed by atoms with E-state index in [0.29, 0.717) is 24.7 Å². The third-order valence-electron chi connectivity index (χ3n) is 7.71. The molecule has 6 rings (SSSR count). The minimum atomic E-state index is -0.241. The van der Waals surface area contributed by atoms with E-state index in [4.69, 9.17) is 9.47 Å². The Morgan fingerprint density at radius 3 is 2.35 bits per heavy atom. The first kappa shape index (κ1) is 21.8. The van der Waals surface area contributed by atoms with Crippen LogP contribution in [0, 0.1) is 32.7 Å². The van der Waals surface area contributed by atoms with Crippen molar-refractivity contribution < 1.29 is 19.1 Å². The van der Waals surface area contributed by atoms with Gasteiger partial charge in [0.05, 0.1) is 28.2 Å². The van der Waals surface area contributed by atoms with Crippen molar-refractivity contribution in [2.45, 2.75) is 26.4 Å². The van der Waals surface area contributed by atoms with E-state index in [1.165, 1.54) is 0 Å². The molecule has 174 valence electrons. The quantitative estimate of drug-likeness (QED) is 0.208. The normalized spacial score (nSPS) is 27.8. The van der Waals surface area contributed by atoms with E-state index in [1.807, 2.05) is 49.4 Å². The Morgan fingerprint density at radius 1 is 1.06 bits per heavy atom. The standard InChI is InChI=1S/C27H25IN2O4/c1-2-33-21-13-17(12-20(28)24(21)34-15-16-6-4-3-5-7-16)14-29-30-25(31)22-18-8-9-19(23(22)26(30)32)27(18)10-11-27/h3-9,12-14,18-19,22-23H,2,10-11,15H2,1H3/b29-14-/t18-,19-,22-,23+/m1/s1. The van der Waals surface area contributed by atoms with Crippen molar-refractivity contribution in [3.05, 3.63) is 69.3 Å². The molecule has 4 aliphatic rings. The Balaban J connectivity index is 1.22. The van der Waals surface area contributed by atoms with Gasteiger partial charge in [0.2, 0.25) is 0 Å². The van der Waals surface area contributed by atoms with Crippen molar-refractivity contribution >= 4 is 40.6 Å². The largest absolute Gasteiger partial charge is 0.490 e. The summed E-state index contributed by atoms with van der Waals surface area (Å²) in [6.07, 6.45) is 8.17. The van der Waals surface area contributed by atoms with Gasteiger partial charge in [-0.05, 0) is 82.9 Å². The number of ether oxygens (including phenoxy) is 2. The maximum Gasteiger partial charge on any atom is 0.254 e. The summed E-state index contributed by atoms with van der Waals surface area (Å²) in [7, 11) is 0. The van der Waals surface area contributed by atoms with Gasteiger partial charge in [-0.1, -0.05) is 42.5 Å². The predicted molar refractivity (Wildman–Crippen MR) is 135 cm³/mol. The molecule has 1 aliphatic heterocycles. The van der Waals surface area contributed by atoms with Crippen molar-refractivity contribution in [3.8, 4) is 11.5 Å². The zero-order valence-corrected chi connectivity index (χ0v) is 21.0. The molecule has 3 aliphatic carbocycles. The summed E-state index contributed by atoms with van der Waals surface area (Å²) in [4.78, 5) is 26.3. The van der Waals surface area contributed by atoms with Gasteiger partial charge in [-0.3, -0.25) is 9.59 Å². The van der Waals surface area contributed by atoms with Crippen LogP contribution in [0.3, 0.4) is 0 Å². The van der Waals surface area contributed by atoms with Crippen LogP contribution in [0.2, 0.25) is 0 Å². The van der Waals surface area contributed by atoms with Crippen LogP contribution in [0.5, 0.6) is 11.5 Å². The highest BCUT2D eigenvalue weighted by molar-refractivity contribution is 14.1. The molecule has 1 heterocycles. The first-order valence-electron chi connectivity index (χ1n) is 11.8. The highest BCUT2D eigenvalue weighted by Crippen LogP contribution is 2.73. The summed E-state index contributed by atoms with van der Waals surface area (Å²) < 4.78 is 12.8. The van der Waals surface area contributed by atoms with Crippen molar-refractivity contribution in [1.82, 2.24) is 5.01 Å². The van der Waals surface area contributed by atoms with E-state index >= 15 is 0 Å². The molecule has 0 radical (unpaired) electrons. The minimum Gasteiger partial charge on any atom is -0.490 e. The molecule has 4 atom stereocenters. The SMILES string of the molecule is CCOc1cc(/C=N\N2C(=O)[C@@H]3[C@H](C2=O)[C@H]2C=C[C@H]3C23CC3)cc(I)c1OCc1ccccc1. The molecule has 2 aromatic rings. The summed E-state index contributed by atoms with van der Waals surface area (Å²) in [5.74, 6) is 0.889. The van der Waals surface area contributed by atoms with Crippen molar-refractivity contribution in [2.24, 2.45) is 34.2 Å². The van der Waals surface area contributed by atoms with Crippen LogP contribution < -0.4 is 9.47 Å². The molecule has 1 saturated heterocycles. The highest BCUT2D eigenvalue weighted by atomic mass is 127. The van der Waals surface area contributed by atoms with Crippen LogP contribution in [0.4, 0.5) is 0 Å². The molecule has 2 saturated carbocycles. The van der Waals surface area contributed by atoms with Crippen LogP contribution in [-0.4, -0.2) is 29.6 Å². The van der Waals surface area contributed by atoms with E-state index in [9.17, 15) is 9.59 Å². The van der Waals surface area contributed by atoms with Gasteiger partial charge in [-0.2, -0.15) is 10.1 Å². The lowest BCUT2D eigenvalue weighted by Crippen LogP contribution is -2.30. The fourth-order valence-corrected chi connectivity index (χ4v) is 6.88. The number of imide groups is 1. The Kier molecular flexibility index (Phi) is 5.28. The smallest absolute Gasteiger partial charge is 0.254 e. The molecule has 0 N–H and O–H groups in total. The molecular formula is C27H25IN2O4. The van der Waals surface area contributed by atoms with Crippen molar-refractivity contribution in [2.75, 3.05) is 6.61 Å². The number of nitrogens with zero attached hydrogens (tertiary/aromatic N) is 2. The van der Waals surface area contributed by atoms with E-state index in [-0.39, 0.29) is 40.9 Å².